The van der Waals surface area contributed by atoms with Crippen molar-refractivity contribution in [2.45, 2.75) is 34.2 Å². The van der Waals surface area contributed by atoms with Crippen LogP contribution in [-0.2, 0) is 6.54 Å². The molecular weight excluding hydrogens is 404 g/mol. The van der Waals surface area contributed by atoms with Crippen molar-refractivity contribution in [3.63, 3.8) is 0 Å². The Labute approximate surface area is 186 Å². The molecular formula is C24H25N6O2+. The van der Waals surface area contributed by atoms with Gasteiger partial charge in [0.15, 0.2) is 5.69 Å². The van der Waals surface area contributed by atoms with Gasteiger partial charge in [0.05, 0.1) is 25.0 Å². The molecule has 0 bridgehead atoms. The van der Waals surface area contributed by atoms with Gasteiger partial charge >= 0.3 is 0 Å². The smallest absolute Gasteiger partial charge is 0.242 e. The number of rotatable bonds is 5. The van der Waals surface area contributed by atoms with E-state index < -0.39 is 0 Å². The van der Waals surface area contributed by atoms with Gasteiger partial charge in [0.1, 0.15) is 12.4 Å². The standard InChI is InChI=1S/C24H25N6O2/c1-15-5-6-19(24-26-18(4)32-28-24)13-21(15)30-11-9-25-22(30)8-7-20(14-30)23-16(2)27-29(10-12-31)17(23)3/h5-9,11,13-14,31H,10,12H2,1-4H3/q+1. The highest BCUT2D eigenvalue weighted by Gasteiger charge is 2.40. The van der Waals surface area contributed by atoms with Crippen molar-refractivity contribution in [3.8, 4) is 11.4 Å². The van der Waals surface area contributed by atoms with Crippen LogP contribution in [0.4, 0.5) is 5.69 Å². The summed E-state index contributed by atoms with van der Waals surface area (Å²) in [5, 5.41) is 18.1. The van der Waals surface area contributed by atoms with E-state index in [4.69, 9.17) is 4.52 Å². The molecule has 2 aliphatic rings. The lowest BCUT2D eigenvalue weighted by Crippen LogP contribution is -2.43. The van der Waals surface area contributed by atoms with Gasteiger partial charge in [-0.05, 0) is 26.8 Å². The first-order valence-corrected chi connectivity index (χ1v) is 10.6. The van der Waals surface area contributed by atoms with Crippen LogP contribution in [0.2, 0.25) is 0 Å². The van der Waals surface area contributed by atoms with Crippen LogP contribution in [0.15, 0.2) is 58.5 Å². The van der Waals surface area contributed by atoms with Crippen molar-refractivity contribution in [2.75, 3.05) is 6.61 Å². The molecule has 0 saturated carbocycles. The highest BCUT2D eigenvalue weighted by molar-refractivity contribution is 6.10. The maximum absolute atomic E-state index is 9.39. The number of aliphatic imine (C=N–C) groups is 1. The predicted molar refractivity (Wildman–Crippen MR) is 123 cm³/mol. The molecule has 5 rings (SSSR count). The molecule has 1 atom stereocenters. The third-order valence-electron chi connectivity index (χ3n) is 6.02. The Morgan fingerprint density at radius 1 is 1.12 bits per heavy atom. The summed E-state index contributed by atoms with van der Waals surface area (Å²) in [4.78, 5) is 9.03. The number of benzene rings is 1. The van der Waals surface area contributed by atoms with Gasteiger partial charge in [-0.2, -0.15) is 19.6 Å². The molecule has 4 heterocycles. The largest absolute Gasteiger partial charge is 0.394 e. The molecule has 1 N–H and O–H groups in total. The lowest BCUT2D eigenvalue weighted by molar-refractivity contribution is 0.268. The zero-order valence-electron chi connectivity index (χ0n) is 18.6. The van der Waals surface area contributed by atoms with Crippen molar-refractivity contribution in [1.82, 2.24) is 24.4 Å². The number of allylic oxidation sites excluding steroid dienone is 2. The summed E-state index contributed by atoms with van der Waals surface area (Å²) in [6.45, 7) is 8.45. The third kappa shape index (κ3) is 3.07. The first-order valence-electron chi connectivity index (χ1n) is 10.6. The number of hydrogen-bond donors (Lipinski definition) is 1. The molecule has 1 unspecified atom stereocenters. The Morgan fingerprint density at radius 2 is 1.97 bits per heavy atom. The van der Waals surface area contributed by atoms with Gasteiger partial charge in [0.25, 0.3) is 0 Å². The van der Waals surface area contributed by atoms with Crippen LogP contribution in [0.3, 0.4) is 0 Å². The number of amidine groups is 1. The first kappa shape index (κ1) is 20.3. The Morgan fingerprint density at radius 3 is 2.72 bits per heavy atom. The Balaban J connectivity index is 1.67. The van der Waals surface area contributed by atoms with Crippen LogP contribution >= 0.6 is 0 Å². The Kier molecular flexibility index (Phi) is 4.76. The molecule has 0 spiro atoms. The fraction of sp³-hybridized carbons (Fsp3) is 0.250. The Hall–Kier alpha value is -3.62. The summed E-state index contributed by atoms with van der Waals surface area (Å²) in [7, 11) is 0. The molecule has 1 aromatic carbocycles. The van der Waals surface area contributed by atoms with Gasteiger partial charge in [0.2, 0.25) is 17.6 Å². The molecule has 0 amide bonds. The Bertz CT molecular complexity index is 1340. The zero-order valence-corrected chi connectivity index (χ0v) is 18.6. The van der Waals surface area contributed by atoms with E-state index in [2.05, 4.69) is 63.8 Å². The van der Waals surface area contributed by atoms with Gasteiger partial charge in [0, 0.05) is 47.0 Å². The molecule has 3 aromatic rings. The topological polar surface area (TPSA) is 89.3 Å². The van der Waals surface area contributed by atoms with E-state index in [1.807, 2.05) is 30.8 Å². The summed E-state index contributed by atoms with van der Waals surface area (Å²) in [5.74, 6) is 2.01. The molecule has 32 heavy (non-hydrogen) atoms. The van der Waals surface area contributed by atoms with E-state index >= 15 is 0 Å². The SMILES string of the molecule is Cc1nc(-c2ccc(C)c([N+]34C=CN=C3C=CC(c3c(C)nn(CCO)c3C)=C4)c2)no1. The van der Waals surface area contributed by atoms with E-state index in [0.717, 1.165) is 45.2 Å². The van der Waals surface area contributed by atoms with Crippen molar-refractivity contribution >= 4 is 17.1 Å². The minimum atomic E-state index is 0.0530. The van der Waals surface area contributed by atoms with Gasteiger partial charge in [-0.15, -0.1) is 0 Å². The van der Waals surface area contributed by atoms with E-state index in [-0.39, 0.29) is 6.61 Å². The van der Waals surface area contributed by atoms with E-state index in [0.29, 0.717) is 22.7 Å². The number of quaternary nitrogens is 1. The van der Waals surface area contributed by atoms with Crippen molar-refractivity contribution in [1.29, 1.82) is 0 Å². The summed E-state index contributed by atoms with van der Waals surface area (Å²) in [6, 6.07) is 6.19. The van der Waals surface area contributed by atoms with Crippen LogP contribution in [0.5, 0.6) is 0 Å². The molecule has 2 aromatic heterocycles. The molecule has 8 nitrogen and oxygen atoms in total. The molecule has 0 radical (unpaired) electrons. The number of fused-ring (bicyclic) bond motifs is 1. The minimum Gasteiger partial charge on any atom is -0.394 e. The highest BCUT2D eigenvalue weighted by Crippen LogP contribution is 2.40. The second-order valence-corrected chi connectivity index (χ2v) is 8.11. The fourth-order valence-electron chi connectivity index (χ4n) is 4.50. The predicted octanol–water partition coefficient (Wildman–Crippen LogP) is 3.96. The molecule has 0 aliphatic carbocycles. The number of hydrogen-bond acceptors (Lipinski definition) is 6. The van der Waals surface area contributed by atoms with E-state index in [1.54, 1.807) is 6.92 Å². The second kappa shape index (κ2) is 7.51. The number of aliphatic hydroxyl groups excluding tert-OH is 1. The zero-order chi connectivity index (χ0) is 22.5. The number of aryl methyl sites for hydroxylation is 3. The van der Waals surface area contributed by atoms with E-state index in [9.17, 15) is 5.11 Å². The van der Waals surface area contributed by atoms with Crippen LogP contribution in [0.1, 0.15) is 28.4 Å². The van der Waals surface area contributed by atoms with Crippen LogP contribution < -0.4 is 4.48 Å². The maximum Gasteiger partial charge on any atom is 0.242 e. The summed E-state index contributed by atoms with van der Waals surface area (Å²) in [6.07, 6.45) is 10.3. The van der Waals surface area contributed by atoms with Crippen LogP contribution in [0.25, 0.3) is 17.0 Å². The minimum absolute atomic E-state index is 0.0530. The van der Waals surface area contributed by atoms with Gasteiger partial charge in [-0.25, -0.2) is 0 Å². The summed E-state index contributed by atoms with van der Waals surface area (Å²) >= 11 is 0. The van der Waals surface area contributed by atoms with E-state index in [1.165, 1.54) is 0 Å². The number of aliphatic hydroxyl groups is 1. The molecule has 0 saturated heterocycles. The highest BCUT2D eigenvalue weighted by atomic mass is 16.5. The summed E-state index contributed by atoms with van der Waals surface area (Å²) < 4.78 is 7.41. The van der Waals surface area contributed by atoms with Gasteiger partial charge in [-0.1, -0.05) is 17.3 Å². The number of nitrogens with zero attached hydrogens (tertiary/aromatic N) is 6. The summed E-state index contributed by atoms with van der Waals surface area (Å²) in [5.41, 5.74) is 7.19. The molecule has 2 aliphatic heterocycles. The van der Waals surface area contributed by atoms with Crippen LogP contribution in [0, 0.1) is 27.7 Å². The normalized spacial score (nSPS) is 19.3. The lowest BCUT2D eigenvalue weighted by atomic mass is 9.99. The van der Waals surface area contributed by atoms with Crippen molar-refractivity contribution in [2.24, 2.45) is 4.99 Å². The molecule has 8 heteroatoms. The van der Waals surface area contributed by atoms with Crippen molar-refractivity contribution < 1.29 is 9.63 Å². The first-order chi connectivity index (χ1) is 15.4. The molecule has 0 fully saturated rings. The lowest BCUT2D eigenvalue weighted by Gasteiger charge is -2.31. The number of aromatic nitrogens is 4. The quantitative estimate of drug-likeness (QED) is 0.620. The van der Waals surface area contributed by atoms with Crippen molar-refractivity contribution in [3.05, 3.63) is 77.4 Å². The van der Waals surface area contributed by atoms with Gasteiger partial charge in [-0.3, -0.25) is 4.68 Å². The molecule has 162 valence electrons. The second-order valence-electron chi connectivity index (χ2n) is 8.11. The maximum atomic E-state index is 9.39. The fourth-order valence-corrected chi connectivity index (χ4v) is 4.50. The average Bonchev–Trinajstić information content (AvgIpc) is 3.46. The van der Waals surface area contributed by atoms with Crippen LogP contribution in [-0.4, -0.2) is 37.5 Å². The monoisotopic (exact) mass is 429 g/mol. The van der Waals surface area contributed by atoms with Gasteiger partial charge < -0.3 is 9.63 Å². The third-order valence-corrected chi connectivity index (χ3v) is 6.02. The average molecular weight is 430 g/mol.